The van der Waals surface area contributed by atoms with E-state index in [9.17, 15) is 0 Å². The van der Waals surface area contributed by atoms with E-state index in [0.29, 0.717) is 6.61 Å². The molecular formula is C16H20O. The lowest BCUT2D eigenvalue weighted by Gasteiger charge is -2.12. The molecule has 0 spiro atoms. The van der Waals surface area contributed by atoms with Crippen LogP contribution in [0.5, 0.6) is 0 Å². The van der Waals surface area contributed by atoms with Crippen LogP contribution in [-0.2, 0) is 11.2 Å². The van der Waals surface area contributed by atoms with Gasteiger partial charge in [0.05, 0.1) is 6.61 Å². The Balaban J connectivity index is 2.32. The lowest BCUT2D eigenvalue weighted by Crippen LogP contribution is -2.00. The SMILES string of the molecule is CCOC/C1=C/C=C\CCCc2ccccc21. The summed E-state index contributed by atoms with van der Waals surface area (Å²) >= 11 is 0. The number of benzene rings is 1. The van der Waals surface area contributed by atoms with E-state index in [1.54, 1.807) is 0 Å². The van der Waals surface area contributed by atoms with Crippen LogP contribution in [-0.4, -0.2) is 13.2 Å². The Morgan fingerprint density at radius 3 is 3.00 bits per heavy atom. The van der Waals surface area contributed by atoms with E-state index in [2.05, 4.69) is 42.5 Å². The first-order chi connectivity index (χ1) is 8.42. The molecule has 90 valence electrons. The fraction of sp³-hybridized carbons (Fsp3) is 0.375. The van der Waals surface area contributed by atoms with E-state index in [1.165, 1.54) is 23.1 Å². The second-order valence-corrected chi connectivity index (χ2v) is 4.31. The highest BCUT2D eigenvalue weighted by Crippen LogP contribution is 2.23. The molecule has 1 aliphatic carbocycles. The summed E-state index contributed by atoms with van der Waals surface area (Å²) in [6.45, 7) is 3.51. The highest BCUT2D eigenvalue weighted by atomic mass is 16.5. The van der Waals surface area contributed by atoms with Crippen LogP contribution >= 0.6 is 0 Å². The number of hydrogen-bond donors (Lipinski definition) is 0. The number of rotatable bonds is 3. The van der Waals surface area contributed by atoms with Crippen molar-refractivity contribution in [2.24, 2.45) is 0 Å². The maximum absolute atomic E-state index is 5.56. The second-order valence-electron chi connectivity index (χ2n) is 4.31. The summed E-state index contributed by atoms with van der Waals surface area (Å²) in [5.74, 6) is 0. The normalized spacial score (nSPS) is 20.4. The zero-order valence-corrected chi connectivity index (χ0v) is 10.5. The zero-order valence-electron chi connectivity index (χ0n) is 10.5. The van der Waals surface area contributed by atoms with Gasteiger partial charge < -0.3 is 4.74 Å². The van der Waals surface area contributed by atoms with Crippen LogP contribution in [0.1, 0.15) is 30.9 Å². The number of allylic oxidation sites excluding steroid dienone is 3. The standard InChI is InChI=1S/C16H20O/c1-2-17-13-15-11-6-4-3-5-9-14-10-7-8-12-16(14)15/h4,6-8,10-12H,2-3,5,9,13H2,1H3/b6-4-,15-11-. The molecule has 0 N–H and O–H groups in total. The zero-order chi connectivity index (χ0) is 11.9. The summed E-state index contributed by atoms with van der Waals surface area (Å²) in [4.78, 5) is 0. The first-order valence-corrected chi connectivity index (χ1v) is 6.43. The van der Waals surface area contributed by atoms with Crippen molar-refractivity contribution >= 4 is 5.57 Å². The predicted octanol–water partition coefficient (Wildman–Crippen LogP) is 4.00. The third kappa shape index (κ3) is 3.31. The monoisotopic (exact) mass is 228 g/mol. The molecule has 1 nitrogen and oxygen atoms in total. The Morgan fingerprint density at radius 2 is 2.12 bits per heavy atom. The molecule has 0 saturated carbocycles. The third-order valence-electron chi connectivity index (χ3n) is 3.08. The van der Waals surface area contributed by atoms with Crippen LogP contribution < -0.4 is 0 Å². The summed E-state index contributed by atoms with van der Waals surface area (Å²) in [5, 5.41) is 0. The van der Waals surface area contributed by atoms with Gasteiger partial charge in [0.2, 0.25) is 0 Å². The van der Waals surface area contributed by atoms with Crippen molar-refractivity contribution in [3.8, 4) is 0 Å². The first-order valence-electron chi connectivity index (χ1n) is 6.43. The number of hydrogen-bond acceptors (Lipinski definition) is 1. The molecule has 0 aliphatic heterocycles. The highest BCUT2D eigenvalue weighted by Gasteiger charge is 2.07. The first kappa shape index (κ1) is 12.1. The number of aryl methyl sites for hydroxylation is 1. The van der Waals surface area contributed by atoms with Gasteiger partial charge in [0.1, 0.15) is 0 Å². The molecule has 0 amide bonds. The molecule has 0 aromatic heterocycles. The average molecular weight is 228 g/mol. The molecular weight excluding hydrogens is 208 g/mol. The Kier molecular flexibility index (Phi) is 4.57. The number of ether oxygens (including phenoxy) is 1. The fourth-order valence-electron chi connectivity index (χ4n) is 2.17. The molecule has 0 saturated heterocycles. The van der Waals surface area contributed by atoms with Gasteiger partial charge in [-0.25, -0.2) is 0 Å². The quantitative estimate of drug-likeness (QED) is 0.760. The topological polar surface area (TPSA) is 9.23 Å². The van der Waals surface area contributed by atoms with Crippen molar-refractivity contribution in [3.63, 3.8) is 0 Å². The van der Waals surface area contributed by atoms with Crippen molar-refractivity contribution in [3.05, 3.63) is 53.6 Å². The lowest BCUT2D eigenvalue weighted by atomic mass is 9.97. The molecule has 1 aliphatic rings. The van der Waals surface area contributed by atoms with Crippen molar-refractivity contribution in [2.45, 2.75) is 26.2 Å². The van der Waals surface area contributed by atoms with Gasteiger partial charge in [-0.3, -0.25) is 0 Å². The summed E-state index contributed by atoms with van der Waals surface area (Å²) in [7, 11) is 0. The third-order valence-corrected chi connectivity index (χ3v) is 3.08. The Bertz CT molecular complexity index is 415. The molecule has 2 rings (SSSR count). The van der Waals surface area contributed by atoms with Gasteiger partial charge in [-0.2, -0.15) is 0 Å². The van der Waals surface area contributed by atoms with Crippen molar-refractivity contribution < 1.29 is 4.74 Å². The van der Waals surface area contributed by atoms with Crippen molar-refractivity contribution in [1.82, 2.24) is 0 Å². The molecule has 17 heavy (non-hydrogen) atoms. The molecule has 1 heteroatoms. The second kappa shape index (κ2) is 6.41. The van der Waals surface area contributed by atoms with Gasteiger partial charge in [0.25, 0.3) is 0 Å². The summed E-state index contributed by atoms with van der Waals surface area (Å²) in [6, 6.07) is 8.68. The summed E-state index contributed by atoms with van der Waals surface area (Å²) in [6.07, 6.45) is 10.1. The maximum Gasteiger partial charge on any atom is 0.0722 e. The molecule has 0 fully saturated rings. The molecule has 0 heterocycles. The van der Waals surface area contributed by atoms with Gasteiger partial charge in [-0.1, -0.05) is 42.5 Å². The van der Waals surface area contributed by atoms with Crippen LogP contribution in [0.3, 0.4) is 0 Å². The smallest absolute Gasteiger partial charge is 0.0722 e. The van der Waals surface area contributed by atoms with Crippen LogP contribution in [0, 0.1) is 0 Å². The Labute approximate surface area is 104 Å². The lowest BCUT2D eigenvalue weighted by molar-refractivity contribution is 0.182. The molecule has 1 aromatic carbocycles. The largest absolute Gasteiger partial charge is 0.377 e. The van der Waals surface area contributed by atoms with Crippen LogP contribution in [0.15, 0.2) is 42.5 Å². The van der Waals surface area contributed by atoms with Gasteiger partial charge >= 0.3 is 0 Å². The van der Waals surface area contributed by atoms with E-state index in [1.807, 2.05) is 6.92 Å². The van der Waals surface area contributed by atoms with Gasteiger partial charge in [0.15, 0.2) is 0 Å². The Hall–Kier alpha value is -1.34. The molecule has 1 aromatic rings. The van der Waals surface area contributed by atoms with Crippen molar-refractivity contribution in [1.29, 1.82) is 0 Å². The highest BCUT2D eigenvalue weighted by molar-refractivity contribution is 5.70. The van der Waals surface area contributed by atoms with Gasteiger partial charge in [0, 0.05) is 6.61 Å². The van der Waals surface area contributed by atoms with Gasteiger partial charge in [-0.15, -0.1) is 0 Å². The van der Waals surface area contributed by atoms with Crippen LogP contribution in [0.25, 0.3) is 5.57 Å². The summed E-state index contributed by atoms with van der Waals surface area (Å²) < 4.78 is 5.56. The van der Waals surface area contributed by atoms with Crippen LogP contribution in [0.4, 0.5) is 0 Å². The number of fused-ring (bicyclic) bond motifs is 1. The van der Waals surface area contributed by atoms with Crippen molar-refractivity contribution in [2.75, 3.05) is 13.2 Å². The minimum absolute atomic E-state index is 0.706. The fourth-order valence-corrected chi connectivity index (χ4v) is 2.17. The molecule has 0 atom stereocenters. The van der Waals surface area contributed by atoms with Crippen LogP contribution in [0.2, 0.25) is 0 Å². The van der Waals surface area contributed by atoms with E-state index in [0.717, 1.165) is 19.4 Å². The van der Waals surface area contributed by atoms with Gasteiger partial charge in [-0.05, 0) is 42.9 Å². The van der Waals surface area contributed by atoms with E-state index >= 15 is 0 Å². The molecule has 0 bridgehead atoms. The maximum atomic E-state index is 5.56. The van der Waals surface area contributed by atoms with E-state index < -0.39 is 0 Å². The average Bonchev–Trinajstić information content (AvgIpc) is 2.47. The molecule has 0 unspecified atom stereocenters. The van der Waals surface area contributed by atoms with E-state index in [-0.39, 0.29) is 0 Å². The minimum atomic E-state index is 0.706. The Morgan fingerprint density at radius 1 is 1.24 bits per heavy atom. The molecule has 0 radical (unpaired) electrons. The minimum Gasteiger partial charge on any atom is -0.377 e. The summed E-state index contributed by atoms with van der Waals surface area (Å²) in [5.41, 5.74) is 4.09. The van der Waals surface area contributed by atoms with E-state index in [4.69, 9.17) is 4.74 Å². The predicted molar refractivity (Wildman–Crippen MR) is 73.0 cm³/mol.